The normalized spacial score (nSPS) is 23.8. The molecule has 0 saturated heterocycles. The Kier molecular flexibility index (Phi) is 10.1. The third kappa shape index (κ3) is 7.27. The van der Waals surface area contributed by atoms with Gasteiger partial charge in [0.15, 0.2) is 37.6 Å². The van der Waals surface area contributed by atoms with Crippen molar-refractivity contribution >= 4 is 52.7 Å². The summed E-state index contributed by atoms with van der Waals surface area (Å²) in [6.07, 6.45) is 6.31. The highest BCUT2D eigenvalue weighted by atomic mass is 32.2. The molecule has 8 rings (SSSR count). The SMILES string of the molecule is C=C(C)C(=O)OCC(F)(F)S(=O)(=O)[O-].Cc1cc(-[s+]2c3ccccc3c3ccccc32)cc(C)c1OCC(=O)OC1(C)C2CC3CC(C2)CC1C3. The van der Waals surface area contributed by atoms with Gasteiger partial charge in [0.2, 0.25) is 0 Å². The van der Waals surface area contributed by atoms with E-state index in [-0.39, 0.29) is 34.2 Å². The molecule has 272 valence electrons. The molecule has 0 amide bonds. The highest BCUT2D eigenvalue weighted by Gasteiger charge is 2.57. The summed E-state index contributed by atoms with van der Waals surface area (Å²) in [6, 6.07) is 22.0. The van der Waals surface area contributed by atoms with Crippen LogP contribution >= 0.6 is 10.5 Å². The van der Waals surface area contributed by atoms with Crippen molar-refractivity contribution in [3.63, 3.8) is 0 Å². The van der Waals surface area contributed by atoms with Gasteiger partial charge in [0.05, 0.1) is 0 Å². The number of aryl methyl sites for hydroxylation is 2. The Morgan fingerprint density at radius 3 is 1.88 bits per heavy atom. The van der Waals surface area contributed by atoms with Crippen LogP contribution in [0.3, 0.4) is 0 Å². The quantitative estimate of drug-likeness (QED) is 0.0724. The average molecular weight is 741 g/mol. The molecule has 8 nitrogen and oxygen atoms in total. The summed E-state index contributed by atoms with van der Waals surface area (Å²) in [5, 5.41) is -1.95. The summed E-state index contributed by atoms with van der Waals surface area (Å²) in [5.41, 5.74) is 1.65. The average Bonchev–Trinajstić information content (AvgIpc) is 3.39. The largest absolute Gasteiger partial charge is 0.743 e. The summed E-state index contributed by atoms with van der Waals surface area (Å²) in [5.74, 6) is 2.15. The molecule has 0 atom stereocenters. The molecule has 0 N–H and O–H groups in total. The fourth-order valence-corrected chi connectivity index (χ4v) is 11.2. The Balaban J connectivity index is 0.000000274. The van der Waals surface area contributed by atoms with Crippen LogP contribution in [0, 0.1) is 37.5 Å². The first-order valence-corrected chi connectivity index (χ1v) is 19.7. The maximum atomic E-state index is 13.0. The van der Waals surface area contributed by atoms with E-state index in [0.717, 1.165) is 28.7 Å². The van der Waals surface area contributed by atoms with E-state index in [2.05, 4.69) is 92.8 Å². The van der Waals surface area contributed by atoms with Crippen molar-refractivity contribution in [3.8, 4) is 10.6 Å². The molecule has 3 aromatic carbocycles. The van der Waals surface area contributed by atoms with Crippen molar-refractivity contribution in [2.24, 2.45) is 23.7 Å². The second kappa shape index (κ2) is 13.9. The van der Waals surface area contributed by atoms with E-state index in [0.29, 0.717) is 11.8 Å². The van der Waals surface area contributed by atoms with Crippen LogP contribution in [-0.2, 0) is 29.2 Å². The first-order valence-electron chi connectivity index (χ1n) is 17.0. The van der Waals surface area contributed by atoms with Gasteiger partial charge in [0.25, 0.3) is 0 Å². The number of halogens is 2. The molecule has 0 spiro atoms. The van der Waals surface area contributed by atoms with Crippen molar-refractivity contribution in [2.45, 2.75) is 70.7 Å². The third-order valence-electron chi connectivity index (χ3n) is 10.7. The molecule has 1 heterocycles. The van der Waals surface area contributed by atoms with E-state index in [9.17, 15) is 31.3 Å². The zero-order chi connectivity index (χ0) is 36.9. The number of benzene rings is 3. The minimum atomic E-state index is -5.81. The van der Waals surface area contributed by atoms with Crippen LogP contribution in [0.4, 0.5) is 8.78 Å². The lowest BCUT2D eigenvalue weighted by Crippen LogP contribution is -2.58. The zero-order valence-corrected chi connectivity index (χ0v) is 30.7. The second-order valence-corrected chi connectivity index (χ2v) is 17.9. The molecule has 1 aromatic heterocycles. The van der Waals surface area contributed by atoms with Crippen LogP contribution in [0.25, 0.3) is 25.1 Å². The molecule has 4 bridgehead atoms. The summed E-state index contributed by atoms with van der Waals surface area (Å²) >= 11 is 0. The van der Waals surface area contributed by atoms with Crippen LogP contribution in [0.2, 0.25) is 0 Å². The van der Waals surface area contributed by atoms with E-state index in [1.54, 1.807) is 0 Å². The highest BCUT2D eigenvalue weighted by molar-refractivity contribution is 7.86. The van der Waals surface area contributed by atoms with Crippen molar-refractivity contribution in [2.75, 3.05) is 13.2 Å². The monoisotopic (exact) mass is 740 g/mol. The number of rotatable bonds is 9. The number of carbonyl (C=O) groups excluding carboxylic acids is 2. The van der Waals surface area contributed by atoms with E-state index >= 15 is 0 Å². The maximum Gasteiger partial charge on any atom is 0.367 e. The van der Waals surface area contributed by atoms with Gasteiger partial charge in [-0.25, -0.2) is 18.0 Å². The Hall–Kier alpha value is -3.87. The minimum absolute atomic E-state index is 0.0275. The van der Waals surface area contributed by atoms with Gasteiger partial charge in [-0.15, -0.1) is 0 Å². The summed E-state index contributed by atoms with van der Waals surface area (Å²) in [6.45, 7) is 8.81. The second-order valence-electron chi connectivity index (χ2n) is 14.4. The predicted octanol–water partition coefficient (Wildman–Crippen LogP) is 8.73. The number of esters is 2. The molecular weight excluding hydrogens is 699 g/mol. The number of carbonyl (C=O) groups is 2. The Bertz CT molecular complexity index is 2020. The third-order valence-corrected chi connectivity index (χ3v) is 13.8. The molecular formula is C39H42F2O8S2. The topological polar surface area (TPSA) is 119 Å². The number of ether oxygens (including phenoxy) is 3. The number of hydrogen-bond donors (Lipinski definition) is 0. The minimum Gasteiger partial charge on any atom is -0.743 e. The first kappa shape index (κ1) is 36.9. The molecule has 0 unspecified atom stereocenters. The molecule has 0 radical (unpaired) electrons. The van der Waals surface area contributed by atoms with Gasteiger partial charge in [0, 0.05) is 38.9 Å². The molecule has 0 aliphatic heterocycles. The smallest absolute Gasteiger partial charge is 0.367 e. The number of alkyl halides is 2. The van der Waals surface area contributed by atoms with Crippen LogP contribution in [-0.4, -0.2) is 49.0 Å². The van der Waals surface area contributed by atoms with E-state index in [4.69, 9.17) is 9.47 Å². The molecule has 4 aromatic rings. The fourth-order valence-electron chi connectivity index (χ4n) is 8.40. The fraction of sp³-hybridized carbons (Fsp3) is 0.436. The Labute approximate surface area is 299 Å². The lowest BCUT2D eigenvalue weighted by Gasteiger charge is -2.59. The van der Waals surface area contributed by atoms with Crippen molar-refractivity contribution in [1.82, 2.24) is 0 Å². The van der Waals surface area contributed by atoms with Gasteiger partial charge < -0.3 is 18.8 Å². The first-order chi connectivity index (χ1) is 24.0. The van der Waals surface area contributed by atoms with Crippen LogP contribution in [0.15, 0.2) is 72.8 Å². The van der Waals surface area contributed by atoms with Gasteiger partial charge >= 0.3 is 17.2 Å². The molecule has 51 heavy (non-hydrogen) atoms. The van der Waals surface area contributed by atoms with E-state index < -0.39 is 27.9 Å². The van der Waals surface area contributed by atoms with Crippen molar-refractivity contribution < 1.29 is 45.6 Å². The van der Waals surface area contributed by atoms with Gasteiger partial charge in [-0.05, 0) is 119 Å². The molecule has 4 saturated carbocycles. The van der Waals surface area contributed by atoms with Crippen LogP contribution in [0.5, 0.6) is 5.75 Å². The molecule has 4 aliphatic carbocycles. The summed E-state index contributed by atoms with van der Waals surface area (Å²) in [7, 11) is -5.96. The van der Waals surface area contributed by atoms with E-state index in [1.165, 1.54) is 64.1 Å². The lowest BCUT2D eigenvalue weighted by atomic mass is 9.50. The number of fused-ring (bicyclic) bond motifs is 3. The van der Waals surface area contributed by atoms with Crippen molar-refractivity contribution in [1.29, 1.82) is 0 Å². The van der Waals surface area contributed by atoms with Gasteiger partial charge in [-0.1, -0.05) is 30.8 Å². The summed E-state index contributed by atoms with van der Waals surface area (Å²) < 4.78 is 73.4. The van der Waals surface area contributed by atoms with Gasteiger partial charge in [0.1, 0.15) is 11.4 Å². The highest BCUT2D eigenvalue weighted by Crippen LogP contribution is 2.59. The van der Waals surface area contributed by atoms with Crippen LogP contribution < -0.4 is 4.74 Å². The lowest BCUT2D eigenvalue weighted by molar-refractivity contribution is -0.204. The summed E-state index contributed by atoms with van der Waals surface area (Å²) in [4.78, 5) is 24.9. The zero-order valence-electron chi connectivity index (χ0n) is 29.1. The van der Waals surface area contributed by atoms with Gasteiger partial charge in [-0.2, -0.15) is 8.78 Å². The standard InChI is InChI=1S/C33H35O3S.C6H8F2O5S/c1-20-12-26(37-29-10-6-4-8-27(29)28-9-5-7-11-30(28)37)13-21(2)32(20)35-19-31(34)36-33(3)24-15-22-14-23(17-24)18-25(33)16-22;1-4(2)5(9)13-3-6(7,8)14(10,11)12/h4-13,22-25H,14-19H2,1-3H3;1,3H2,2H3,(H,10,11,12)/q+1;/p-1. The molecule has 4 fully saturated rings. The van der Waals surface area contributed by atoms with E-state index in [1.807, 2.05) is 0 Å². The number of hydrogen-bond acceptors (Lipinski definition) is 8. The predicted molar refractivity (Wildman–Crippen MR) is 192 cm³/mol. The van der Waals surface area contributed by atoms with Crippen LogP contribution in [0.1, 0.15) is 57.1 Å². The Morgan fingerprint density at radius 2 is 1.41 bits per heavy atom. The molecule has 12 heteroatoms. The Morgan fingerprint density at radius 1 is 0.922 bits per heavy atom. The maximum absolute atomic E-state index is 13.0. The molecule has 4 aliphatic rings. The van der Waals surface area contributed by atoms with Crippen molar-refractivity contribution in [3.05, 3.63) is 83.9 Å². The van der Waals surface area contributed by atoms with Gasteiger partial charge in [-0.3, -0.25) is 0 Å². The number of thiophene rings is 1.